The third kappa shape index (κ3) is 3.02. The van der Waals surface area contributed by atoms with Gasteiger partial charge in [0.1, 0.15) is 5.78 Å². The van der Waals surface area contributed by atoms with E-state index in [9.17, 15) is 9.90 Å². The Bertz CT molecular complexity index is 733. The van der Waals surface area contributed by atoms with E-state index in [1.165, 1.54) is 44.2 Å². The molecule has 2 saturated carbocycles. The molecular formula is C26H39NO2. The van der Waals surface area contributed by atoms with Crippen LogP contribution in [0.2, 0.25) is 0 Å². The summed E-state index contributed by atoms with van der Waals surface area (Å²) in [5.74, 6) is 3.65. The number of carbonyl (C=O) groups is 1. The van der Waals surface area contributed by atoms with Crippen LogP contribution in [0.3, 0.4) is 0 Å². The van der Waals surface area contributed by atoms with Gasteiger partial charge in [-0.2, -0.15) is 0 Å². The molecule has 0 aromatic carbocycles. The second kappa shape index (κ2) is 7.34. The summed E-state index contributed by atoms with van der Waals surface area (Å²) in [6.07, 6.45) is 14.9. The van der Waals surface area contributed by atoms with Crippen molar-refractivity contribution >= 4 is 5.78 Å². The van der Waals surface area contributed by atoms with E-state index >= 15 is 0 Å². The fourth-order valence-corrected chi connectivity index (χ4v) is 8.42. The van der Waals surface area contributed by atoms with Crippen molar-refractivity contribution in [2.45, 2.75) is 71.6 Å². The molecule has 2 N–H and O–H groups in total. The van der Waals surface area contributed by atoms with Gasteiger partial charge in [-0.25, -0.2) is 0 Å². The summed E-state index contributed by atoms with van der Waals surface area (Å²) in [4.78, 5) is 12.2. The molecule has 2 unspecified atom stereocenters. The highest BCUT2D eigenvalue weighted by molar-refractivity contribution is 5.82. The quantitative estimate of drug-likeness (QED) is 0.681. The minimum atomic E-state index is 0.209. The number of piperidine rings is 1. The highest BCUT2D eigenvalue weighted by atomic mass is 16.3. The largest absolute Gasteiger partial charge is 0.396 e. The lowest BCUT2D eigenvalue weighted by molar-refractivity contribution is -0.122. The molecule has 0 spiro atoms. The van der Waals surface area contributed by atoms with Gasteiger partial charge in [0.15, 0.2) is 0 Å². The van der Waals surface area contributed by atoms with Crippen LogP contribution in [-0.2, 0) is 4.79 Å². The van der Waals surface area contributed by atoms with Crippen LogP contribution in [0.4, 0.5) is 0 Å². The Balaban J connectivity index is 1.49. The number of hydrogen-bond acceptors (Lipinski definition) is 3. The predicted octanol–water partition coefficient (Wildman–Crippen LogP) is 4.66. The van der Waals surface area contributed by atoms with E-state index in [-0.39, 0.29) is 12.0 Å². The second-order valence-corrected chi connectivity index (χ2v) is 11.2. The van der Waals surface area contributed by atoms with E-state index in [0.717, 1.165) is 31.7 Å². The number of carbonyl (C=O) groups excluding carboxylic acids is 1. The molecule has 4 aliphatic carbocycles. The lowest BCUT2D eigenvalue weighted by Crippen LogP contribution is -2.53. The molecule has 0 radical (unpaired) electrons. The summed E-state index contributed by atoms with van der Waals surface area (Å²) >= 11 is 0. The van der Waals surface area contributed by atoms with E-state index in [1.807, 2.05) is 0 Å². The third-order valence-corrected chi connectivity index (χ3v) is 9.94. The first-order chi connectivity index (χ1) is 14.0. The zero-order valence-electron chi connectivity index (χ0n) is 18.4. The van der Waals surface area contributed by atoms with Crippen molar-refractivity contribution in [2.75, 3.05) is 19.7 Å². The molecule has 1 saturated heterocycles. The molecule has 7 atom stereocenters. The fraction of sp³-hybridized carbons (Fsp3) is 0.808. The fourth-order valence-electron chi connectivity index (χ4n) is 8.42. The summed E-state index contributed by atoms with van der Waals surface area (Å²) in [6, 6.07) is 0. The normalized spacial score (nSPS) is 47.0. The molecule has 3 nitrogen and oxygen atoms in total. The van der Waals surface area contributed by atoms with Gasteiger partial charge in [0.05, 0.1) is 0 Å². The maximum absolute atomic E-state index is 12.2. The van der Waals surface area contributed by atoms with Gasteiger partial charge in [-0.1, -0.05) is 37.1 Å². The number of rotatable bonds is 3. The van der Waals surface area contributed by atoms with Crippen molar-refractivity contribution in [2.24, 2.45) is 40.4 Å². The lowest BCUT2D eigenvalue weighted by Gasteiger charge is -2.59. The van der Waals surface area contributed by atoms with E-state index in [4.69, 9.17) is 0 Å². The topological polar surface area (TPSA) is 49.3 Å². The van der Waals surface area contributed by atoms with Crippen LogP contribution in [0.25, 0.3) is 0 Å². The van der Waals surface area contributed by atoms with Crippen molar-refractivity contribution in [1.29, 1.82) is 0 Å². The average molecular weight is 398 g/mol. The Kier molecular flexibility index (Phi) is 5.06. The number of nitrogens with one attached hydrogen (secondary N) is 1. The van der Waals surface area contributed by atoms with Crippen molar-refractivity contribution in [3.8, 4) is 0 Å². The van der Waals surface area contributed by atoms with Gasteiger partial charge in [-0.15, -0.1) is 0 Å². The van der Waals surface area contributed by atoms with Crippen molar-refractivity contribution in [3.63, 3.8) is 0 Å². The van der Waals surface area contributed by atoms with Crippen LogP contribution in [0.1, 0.15) is 71.6 Å². The summed E-state index contributed by atoms with van der Waals surface area (Å²) in [6.45, 7) is 7.64. The molecule has 3 heteroatoms. The minimum absolute atomic E-state index is 0.209. The molecule has 29 heavy (non-hydrogen) atoms. The summed E-state index contributed by atoms with van der Waals surface area (Å²) in [5, 5.41) is 13.5. The van der Waals surface area contributed by atoms with E-state index in [2.05, 4.69) is 31.3 Å². The smallest absolute Gasteiger partial charge is 0.136 e. The Morgan fingerprint density at radius 1 is 1.17 bits per heavy atom. The molecule has 1 aliphatic heterocycles. The predicted molar refractivity (Wildman–Crippen MR) is 116 cm³/mol. The number of ketones is 1. The van der Waals surface area contributed by atoms with Crippen LogP contribution in [0.5, 0.6) is 0 Å². The van der Waals surface area contributed by atoms with Crippen LogP contribution >= 0.6 is 0 Å². The molecule has 0 aromatic heterocycles. The zero-order valence-corrected chi connectivity index (χ0v) is 18.4. The Labute approximate surface area is 176 Å². The lowest BCUT2D eigenvalue weighted by atomic mass is 9.45. The molecule has 1 heterocycles. The summed E-state index contributed by atoms with van der Waals surface area (Å²) in [5.41, 5.74) is 3.72. The van der Waals surface area contributed by atoms with Gasteiger partial charge in [-0.05, 0) is 91.9 Å². The number of aliphatic hydroxyl groups excluding tert-OH is 1. The van der Waals surface area contributed by atoms with Crippen LogP contribution in [0, 0.1) is 40.4 Å². The number of aliphatic hydroxyl groups is 1. The van der Waals surface area contributed by atoms with E-state index < -0.39 is 0 Å². The third-order valence-electron chi connectivity index (χ3n) is 9.94. The molecule has 5 rings (SSSR count). The van der Waals surface area contributed by atoms with Crippen LogP contribution in [-0.4, -0.2) is 30.6 Å². The number of hydrogen-bond donors (Lipinski definition) is 2. The maximum Gasteiger partial charge on any atom is 0.136 e. The van der Waals surface area contributed by atoms with Gasteiger partial charge in [0.2, 0.25) is 0 Å². The van der Waals surface area contributed by atoms with Crippen molar-refractivity contribution < 1.29 is 9.90 Å². The highest BCUT2D eigenvalue weighted by Crippen LogP contribution is 2.67. The summed E-state index contributed by atoms with van der Waals surface area (Å²) < 4.78 is 0. The van der Waals surface area contributed by atoms with Gasteiger partial charge in [0, 0.05) is 26.0 Å². The standard InChI is InChI=1S/C26H39NO2/c1-25-10-7-20(29)15-19(25)14-17(9-13-28)24-22-6-5-21(18-4-3-12-27-16-18)26(22,2)11-8-23(24)25/h5,14,17-18,22-24,27-28H,3-4,6-13,15-16H2,1-2H3/t17?,18?,22-,23-,24-,25-,26+/m0/s1. The zero-order chi connectivity index (χ0) is 20.2. The molecule has 160 valence electrons. The first-order valence-electron chi connectivity index (χ1n) is 12.2. The number of fused-ring (bicyclic) bond motifs is 5. The monoisotopic (exact) mass is 397 g/mol. The Morgan fingerprint density at radius 2 is 2.03 bits per heavy atom. The van der Waals surface area contributed by atoms with Crippen LogP contribution in [0.15, 0.2) is 23.3 Å². The maximum atomic E-state index is 12.2. The highest BCUT2D eigenvalue weighted by Gasteiger charge is 2.59. The van der Waals surface area contributed by atoms with Crippen LogP contribution < -0.4 is 5.32 Å². The van der Waals surface area contributed by atoms with Gasteiger partial charge < -0.3 is 10.4 Å². The van der Waals surface area contributed by atoms with Gasteiger partial charge in [0.25, 0.3) is 0 Å². The average Bonchev–Trinajstić information content (AvgIpc) is 3.07. The van der Waals surface area contributed by atoms with E-state index in [0.29, 0.717) is 41.3 Å². The first kappa shape index (κ1) is 20.0. The molecular weight excluding hydrogens is 358 g/mol. The number of Topliss-reactive ketones (excluding diaryl/α,β-unsaturated/α-hetero) is 1. The van der Waals surface area contributed by atoms with E-state index in [1.54, 1.807) is 5.57 Å². The molecule has 0 bridgehead atoms. The first-order valence-corrected chi connectivity index (χ1v) is 12.2. The second-order valence-electron chi connectivity index (χ2n) is 11.2. The van der Waals surface area contributed by atoms with Gasteiger partial charge in [-0.3, -0.25) is 4.79 Å². The molecule has 0 aromatic rings. The Hall–Kier alpha value is -0.930. The molecule has 0 amide bonds. The number of allylic oxidation sites excluding steroid dienone is 3. The Morgan fingerprint density at radius 3 is 2.79 bits per heavy atom. The molecule has 3 fully saturated rings. The van der Waals surface area contributed by atoms with Crippen molar-refractivity contribution in [1.82, 2.24) is 5.32 Å². The van der Waals surface area contributed by atoms with Gasteiger partial charge >= 0.3 is 0 Å². The van der Waals surface area contributed by atoms with Crippen molar-refractivity contribution in [3.05, 3.63) is 23.3 Å². The molecule has 5 aliphatic rings. The SMILES string of the molecule is C[C@]12CCC(=O)CC1=CC(CCO)[C@@H]1[C@@H]2CC[C@]2(C)C(C3CCCNC3)=CC[C@@H]12. The minimum Gasteiger partial charge on any atom is -0.396 e. The summed E-state index contributed by atoms with van der Waals surface area (Å²) in [7, 11) is 0.